The van der Waals surface area contributed by atoms with Crippen LogP contribution in [-0.2, 0) is 9.53 Å². The van der Waals surface area contributed by atoms with Crippen molar-refractivity contribution in [2.75, 3.05) is 11.9 Å². The Balaban J connectivity index is 1.80. The Morgan fingerprint density at radius 1 is 1.43 bits per heavy atom. The van der Waals surface area contributed by atoms with Crippen LogP contribution in [0.1, 0.15) is 12.8 Å². The second kappa shape index (κ2) is 6.86. The Hall–Kier alpha value is -1.67. The van der Waals surface area contributed by atoms with Gasteiger partial charge >= 0.3 is 12.0 Å². The smallest absolute Gasteiger partial charge is 0.332 e. The monoisotopic (exact) mass is 360 g/mol. The summed E-state index contributed by atoms with van der Waals surface area (Å²) in [5, 5.41) is 13.9. The number of anilines is 1. The number of carboxylic acids is 1. The highest BCUT2D eigenvalue weighted by Crippen LogP contribution is 2.23. The first-order valence-electron chi connectivity index (χ1n) is 6.34. The third-order valence-corrected chi connectivity index (χ3v) is 3.74. The van der Waals surface area contributed by atoms with Crippen molar-refractivity contribution in [1.82, 2.24) is 5.32 Å². The molecule has 1 saturated heterocycles. The van der Waals surface area contributed by atoms with Crippen molar-refractivity contribution in [1.29, 1.82) is 0 Å². The van der Waals surface area contributed by atoms with Gasteiger partial charge in [0.25, 0.3) is 0 Å². The molecule has 2 unspecified atom stereocenters. The number of urea groups is 1. The minimum Gasteiger partial charge on any atom is -0.479 e. The van der Waals surface area contributed by atoms with E-state index in [1.165, 1.54) is 18.2 Å². The number of nitrogens with one attached hydrogen (secondary N) is 2. The van der Waals surface area contributed by atoms with Crippen LogP contribution in [0.15, 0.2) is 22.7 Å². The minimum absolute atomic E-state index is 0.197. The van der Waals surface area contributed by atoms with Crippen molar-refractivity contribution in [3.8, 4) is 0 Å². The third kappa shape index (κ3) is 4.40. The molecule has 8 heteroatoms. The number of benzene rings is 1. The van der Waals surface area contributed by atoms with E-state index in [2.05, 4.69) is 26.6 Å². The van der Waals surface area contributed by atoms with Gasteiger partial charge in [-0.25, -0.2) is 14.0 Å². The van der Waals surface area contributed by atoms with Crippen molar-refractivity contribution in [2.45, 2.75) is 25.0 Å². The molecular formula is C13H14BrFN2O4. The number of carboxylic acid groups (broad SMARTS) is 1. The van der Waals surface area contributed by atoms with Crippen LogP contribution in [0.5, 0.6) is 0 Å². The molecule has 1 aliphatic rings. The van der Waals surface area contributed by atoms with Gasteiger partial charge in [-0.2, -0.15) is 0 Å². The summed E-state index contributed by atoms with van der Waals surface area (Å²) in [5.74, 6) is -1.46. The molecule has 1 fully saturated rings. The molecule has 1 heterocycles. The third-order valence-electron chi connectivity index (χ3n) is 3.05. The summed E-state index contributed by atoms with van der Waals surface area (Å²) in [5.41, 5.74) is 0.309. The molecule has 2 rings (SSSR count). The van der Waals surface area contributed by atoms with Crippen molar-refractivity contribution in [3.05, 3.63) is 28.5 Å². The quantitative estimate of drug-likeness (QED) is 0.768. The predicted octanol–water partition coefficient (Wildman–Crippen LogP) is 2.34. The molecule has 1 aromatic rings. The SMILES string of the molecule is O=C(NCC1CCC(C(=O)O)O1)Nc1cc(F)ccc1Br. The summed E-state index contributed by atoms with van der Waals surface area (Å²) in [6, 6.07) is 3.44. The first kappa shape index (κ1) is 15.7. The zero-order valence-corrected chi connectivity index (χ0v) is 12.5. The molecular weight excluding hydrogens is 347 g/mol. The summed E-state index contributed by atoms with van der Waals surface area (Å²) >= 11 is 3.20. The van der Waals surface area contributed by atoms with E-state index < -0.39 is 23.9 Å². The first-order chi connectivity index (χ1) is 9.95. The summed E-state index contributed by atoms with van der Waals surface area (Å²) in [6.45, 7) is 0.197. The average Bonchev–Trinajstić information content (AvgIpc) is 2.90. The van der Waals surface area contributed by atoms with Gasteiger partial charge in [0, 0.05) is 11.0 Å². The summed E-state index contributed by atoms with van der Waals surface area (Å²) in [6.07, 6.45) is -0.135. The van der Waals surface area contributed by atoms with Crippen molar-refractivity contribution >= 4 is 33.6 Å². The molecule has 3 N–H and O–H groups in total. The molecule has 0 aromatic heterocycles. The molecule has 0 aliphatic carbocycles. The minimum atomic E-state index is -0.995. The molecule has 0 radical (unpaired) electrons. The molecule has 21 heavy (non-hydrogen) atoms. The molecule has 1 aromatic carbocycles. The topological polar surface area (TPSA) is 87.7 Å². The molecule has 0 bridgehead atoms. The van der Waals surface area contributed by atoms with Crippen LogP contribution < -0.4 is 10.6 Å². The summed E-state index contributed by atoms with van der Waals surface area (Å²) in [4.78, 5) is 22.4. The Kier molecular flexibility index (Phi) is 5.13. The van der Waals surface area contributed by atoms with E-state index >= 15 is 0 Å². The van der Waals surface area contributed by atoms with Crippen molar-refractivity contribution in [2.24, 2.45) is 0 Å². The highest BCUT2D eigenvalue weighted by Gasteiger charge is 2.30. The fourth-order valence-corrected chi connectivity index (χ4v) is 2.35. The lowest BCUT2D eigenvalue weighted by Gasteiger charge is -2.13. The highest BCUT2D eigenvalue weighted by molar-refractivity contribution is 9.10. The van der Waals surface area contributed by atoms with Crippen LogP contribution in [0.4, 0.5) is 14.9 Å². The van der Waals surface area contributed by atoms with Gasteiger partial charge in [-0.3, -0.25) is 0 Å². The number of rotatable bonds is 4. The second-order valence-electron chi connectivity index (χ2n) is 4.62. The Labute approximate surface area is 128 Å². The maximum Gasteiger partial charge on any atom is 0.332 e. The number of carbonyl (C=O) groups excluding carboxylic acids is 1. The number of ether oxygens (including phenoxy) is 1. The van der Waals surface area contributed by atoms with Gasteiger partial charge in [0.1, 0.15) is 5.82 Å². The number of hydrogen-bond acceptors (Lipinski definition) is 3. The Morgan fingerprint density at radius 3 is 2.86 bits per heavy atom. The Morgan fingerprint density at radius 2 is 2.19 bits per heavy atom. The Bertz CT molecular complexity index is 555. The predicted molar refractivity (Wildman–Crippen MR) is 76.7 cm³/mol. The maximum absolute atomic E-state index is 13.1. The van der Waals surface area contributed by atoms with Crippen LogP contribution in [0.3, 0.4) is 0 Å². The lowest BCUT2D eigenvalue weighted by atomic mass is 10.2. The van der Waals surface area contributed by atoms with Gasteiger partial charge < -0.3 is 20.5 Å². The summed E-state index contributed by atoms with van der Waals surface area (Å²) < 4.78 is 18.9. The average molecular weight is 361 g/mol. The number of amides is 2. The molecule has 1 aliphatic heterocycles. The van der Waals surface area contributed by atoms with Crippen LogP contribution >= 0.6 is 15.9 Å². The van der Waals surface area contributed by atoms with E-state index in [-0.39, 0.29) is 12.6 Å². The van der Waals surface area contributed by atoms with Crippen LogP contribution in [0, 0.1) is 5.82 Å². The number of carbonyl (C=O) groups is 2. The fraction of sp³-hybridized carbons (Fsp3) is 0.385. The first-order valence-corrected chi connectivity index (χ1v) is 7.13. The van der Waals surface area contributed by atoms with Crippen LogP contribution in [-0.4, -0.2) is 35.9 Å². The van der Waals surface area contributed by atoms with Gasteiger partial charge in [0.15, 0.2) is 6.10 Å². The molecule has 0 saturated carbocycles. The van der Waals surface area contributed by atoms with Gasteiger partial charge in [-0.15, -0.1) is 0 Å². The van der Waals surface area contributed by atoms with Gasteiger partial charge in [-0.05, 0) is 47.0 Å². The van der Waals surface area contributed by atoms with E-state index in [0.717, 1.165) is 0 Å². The second-order valence-corrected chi connectivity index (χ2v) is 5.48. The van der Waals surface area contributed by atoms with Crippen LogP contribution in [0.25, 0.3) is 0 Å². The molecule has 0 spiro atoms. The van der Waals surface area contributed by atoms with E-state index in [1.807, 2.05) is 0 Å². The van der Waals surface area contributed by atoms with E-state index in [0.29, 0.717) is 23.0 Å². The van der Waals surface area contributed by atoms with E-state index in [4.69, 9.17) is 9.84 Å². The van der Waals surface area contributed by atoms with E-state index in [9.17, 15) is 14.0 Å². The molecule has 2 amide bonds. The molecule has 114 valence electrons. The number of hydrogen-bond donors (Lipinski definition) is 3. The van der Waals surface area contributed by atoms with E-state index in [1.54, 1.807) is 0 Å². The van der Waals surface area contributed by atoms with Crippen LogP contribution in [0.2, 0.25) is 0 Å². The fourth-order valence-electron chi connectivity index (χ4n) is 2.00. The molecule has 2 atom stereocenters. The normalized spacial score (nSPS) is 21.0. The highest BCUT2D eigenvalue weighted by atomic mass is 79.9. The zero-order chi connectivity index (χ0) is 15.4. The lowest BCUT2D eigenvalue weighted by Crippen LogP contribution is -2.36. The lowest BCUT2D eigenvalue weighted by molar-refractivity contribution is -0.149. The molecule has 6 nitrogen and oxygen atoms in total. The van der Waals surface area contributed by atoms with Crippen molar-refractivity contribution < 1.29 is 23.8 Å². The van der Waals surface area contributed by atoms with Gasteiger partial charge in [0.2, 0.25) is 0 Å². The maximum atomic E-state index is 13.1. The van der Waals surface area contributed by atoms with Gasteiger partial charge in [-0.1, -0.05) is 0 Å². The standard InChI is InChI=1S/C13H14BrFN2O4/c14-9-3-1-7(15)5-10(9)17-13(20)16-6-8-2-4-11(21-8)12(18)19/h1,3,5,8,11H,2,4,6H2,(H,18,19)(H2,16,17,20). The number of aliphatic carboxylic acids is 1. The van der Waals surface area contributed by atoms with Crippen molar-refractivity contribution in [3.63, 3.8) is 0 Å². The zero-order valence-electron chi connectivity index (χ0n) is 10.9. The van der Waals surface area contributed by atoms with Gasteiger partial charge in [0.05, 0.1) is 11.8 Å². The largest absolute Gasteiger partial charge is 0.479 e. The summed E-state index contributed by atoms with van der Waals surface area (Å²) in [7, 11) is 0. The number of halogens is 2.